The van der Waals surface area contributed by atoms with Crippen molar-refractivity contribution in [3.05, 3.63) is 54.1 Å². The van der Waals surface area contributed by atoms with Crippen molar-refractivity contribution in [3.63, 3.8) is 0 Å². The number of hydrogen-bond acceptors (Lipinski definition) is 7. The standard InChI is InChI=1S/C24H28N6O2/c1-6-32-21-14-25-11-9-18(21)19-12-20(27-13-17-8-7-10-26-24(17)31-5)23-22(28-19)16(4)29-30(23)15(2)3/h7-12,14-15H,6,13H2,1-5H3,(H,27,28). The number of ether oxygens (including phenoxy) is 2. The fraction of sp³-hybridized carbons (Fsp3) is 0.333. The number of fused-ring (bicyclic) bond motifs is 1. The lowest BCUT2D eigenvalue weighted by atomic mass is 10.1. The van der Waals surface area contributed by atoms with Gasteiger partial charge in [-0.3, -0.25) is 9.67 Å². The van der Waals surface area contributed by atoms with Crippen molar-refractivity contribution in [1.82, 2.24) is 24.7 Å². The van der Waals surface area contributed by atoms with Crippen LogP contribution in [-0.2, 0) is 6.54 Å². The van der Waals surface area contributed by atoms with E-state index in [2.05, 4.69) is 29.1 Å². The Balaban J connectivity index is 1.86. The number of nitrogens with zero attached hydrogens (tertiary/aromatic N) is 5. The van der Waals surface area contributed by atoms with Crippen molar-refractivity contribution in [2.45, 2.75) is 40.3 Å². The summed E-state index contributed by atoms with van der Waals surface area (Å²) in [5.74, 6) is 1.31. The molecule has 8 heteroatoms. The Hall–Kier alpha value is -3.68. The van der Waals surface area contributed by atoms with E-state index in [4.69, 9.17) is 19.6 Å². The predicted molar refractivity (Wildman–Crippen MR) is 125 cm³/mol. The number of rotatable bonds is 8. The SMILES string of the molecule is CCOc1cnccc1-c1cc(NCc2cccnc2OC)c2c(n1)c(C)nn2C(C)C. The number of nitrogens with one attached hydrogen (secondary N) is 1. The molecule has 0 fully saturated rings. The zero-order valence-electron chi connectivity index (χ0n) is 19.1. The van der Waals surface area contributed by atoms with Crippen molar-refractivity contribution in [3.8, 4) is 22.9 Å². The minimum Gasteiger partial charge on any atom is -0.492 e. The lowest BCUT2D eigenvalue weighted by molar-refractivity contribution is 0.340. The second-order valence-corrected chi connectivity index (χ2v) is 7.71. The molecule has 0 saturated heterocycles. The van der Waals surface area contributed by atoms with Gasteiger partial charge in [0.25, 0.3) is 0 Å². The fourth-order valence-corrected chi connectivity index (χ4v) is 3.72. The molecule has 0 aliphatic rings. The van der Waals surface area contributed by atoms with E-state index >= 15 is 0 Å². The Morgan fingerprint density at radius 2 is 2.03 bits per heavy atom. The summed E-state index contributed by atoms with van der Waals surface area (Å²) in [5, 5.41) is 8.34. The van der Waals surface area contributed by atoms with E-state index in [1.165, 1.54) is 0 Å². The Morgan fingerprint density at radius 3 is 2.78 bits per heavy atom. The Labute approximate surface area is 187 Å². The first kappa shape index (κ1) is 21.5. The van der Waals surface area contributed by atoms with Gasteiger partial charge in [-0.25, -0.2) is 9.97 Å². The largest absolute Gasteiger partial charge is 0.492 e. The van der Waals surface area contributed by atoms with Crippen molar-refractivity contribution in [2.75, 3.05) is 19.0 Å². The molecule has 0 radical (unpaired) electrons. The number of anilines is 1. The third-order valence-corrected chi connectivity index (χ3v) is 5.18. The molecule has 0 aliphatic heterocycles. The maximum Gasteiger partial charge on any atom is 0.218 e. The molecule has 0 aliphatic carbocycles. The van der Waals surface area contributed by atoms with Gasteiger partial charge in [0.2, 0.25) is 5.88 Å². The molecule has 166 valence electrons. The molecule has 0 bridgehead atoms. The monoisotopic (exact) mass is 432 g/mol. The Bertz CT molecular complexity index is 1230. The second-order valence-electron chi connectivity index (χ2n) is 7.71. The average molecular weight is 433 g/mol. The van der Waals surface area contributed by atoms with Crippen LogP contribution in [0.25, 0.3) is 22.3 Å². The van der Waals surface area contributed by atoms with Gasteiger partial charge in [-0.15, -0.1) is 0 Å². The fourth-order valence-electron chi connectivity index (χ4n) is 3.72. The summed E-state index contributed by atoms with van der Waals surface area (Å²) in [7, 11) is 1.63. The number of hydrogen-bond donors (Lipinski definition) is 1. The van der Waals surface area contributed by atoms with Crippen LogP contribution in [-0.4, -0.2) is 38.4 Å². The van der Waals surface area contributed by atoms with Gasteiger partial charge in [-0.1, -0.05) is 6.07 Å². The molecule has 0 amide bonds. The van der Waals surface area contributed by atoms with Crippen molar-refractivity contribution >= 4 is 16.7 Å². The maximum absolute atomic E-state index is 5.81. The third-order valence-electron chi connectivity index (χ3n) is 5.18. The summed E-state index contributed by atoms with van der Waals surface area (Å²) in [5.41, 5.74) is 6.30. The van der Waals surface area contributed by atoms with Gasteiger partial charge in [-0.05, 0) is 45.9 Å². The summed E-state index contributed by atoms with van der Waals surface area (Å²) < 4.78 is 13.2. The number of methoxy groups -OCH3 is 1. The molecule has 0 atom stereocenters. The van der Waals surface area contributed by atoms with Crippen LogP contribution in [0.1, 0.15) is 38.1 Å². The first-order valence-corrected chi connectivity index (χ1v) is 10.7. The second kappa shape index (κ2) is 9.21. The molecular weight excluding hydrogens is 404 g/mol. The van der Waals surface area contributed by atoms with Crippen LogP contribution in [0.2, 0.25) is 0 Å². The van der Waals surface area contributed by atoms with E-state index in [-0.39, 0.29) is 6.04 Å². The van der Waals surface area contributed by atoms with Gasteiger partial charge < -0.3 is 14.8 Å². The van der Waals surface area contributed by atoms with Crippen LogP contribution in [0.3, 0.4) is 0 Å². The van der Waals surface area contributed by atoms with Gasteiger partial charge in [0.05, 0.1) is 37.0 Å². The molecule has 1 N–H and O–H groups in total. The number of aryl methyl sites for hydroxylation is 1. The van der Waals surface area contributed by atoms with Gasteiger partial charge in [0.15, 0.2) is 0 Å². The summed E-state index contributed by atoms with van der Waals surface area (Å²) >= 11 is 0. The van der Waals surface area contributed by atoms with Gasteiger partial charge in [0.1, 0.15) is 16.8 Å². The normalized spacial score (nSPS) is 11.2. The molecule has 4 aromatic rings. The molecule has 4 heterocycles. The summed E-state index contributed by atoms with van der Waals surface area (Å²) in [6, 6.07) is 8.06. The molecule has 32 heavy (non-hydrogen) atoms. The molecule has 8 nitrogen and oxygen atoms in total. The van der Waals surface area contributed by atoms with E-state index in [0.717, 1.165) is 39.2 Å². The molecule has 0 saturated carbocycles. The molecule has 0 aromatic carbocycles. The zero-order valence-corrected chi connectivity index (χ0v) is 19.1. The number of aromatic nitrogens is 5. The van der Waals surface area contributed by atoms with Crippen molar-refractivity contribution < 1.29 is 9.47 Å². The molecule has 4 aromatic heterocycles. The van der Waals surface area contributed by atoms with E-state index in [1.54, 1.807) is 25.7 Å². The van der Waals surface area contributed by atoms with Crippen LogP contribution in [0.15, 0.2) is 42.9 Å². The highest BCUT2D eigenvalue weighted by molar-refractivity contribution is 5.93. The average Bonchev–Trinajstić information content (AvgIpc) is 3.15. The van der Waals surface area contributed by atoms with Crippen molar-refractivity contribution in [2.24, 2.45) is 0 Å². The smallest absolute Gasteiger partial charge is 0.218 e. The third kappa shape index (κ3) is 4.08. The van der Waals surface area contributed by atoms with Crippen LogP contribution < -0.4 is 14.8 Å². The maximum atomic E-state index is 5.81. The van der Waals surface area contributed by atoms with E-state index in [9.17, 15) is 0 Å². The van der Waals surface area contributed by atoms with Crippen LogP contribution in [0, 0.1) is 6.92 Å². The topological polar surface area (TPSA) is 87.0 Å². The number of pyridine rings is 3. The predicted octanol–water partition coefficient (Wildman–Crippen LogP) is 4.80. The Morgan fingerprint density at radius 1 is 1.19 bits per heavy atom. The zero-order chi connectivity index (χ0) is 22.7. The van der Waals surface area contributed by atoms with E-state index < -0.39 is 0 Å². The molecule has 0 unspecified atom stereocenters. The van der Waals surface area contributed by atoms with Crippen LogP contribution in [0.5, 0.6) is 11.6 Å². The molecular formula is C24H28N6O2. The first-order valence-electron chi connectivity index (χ1n) is 10.7. The van der Waals surface area contributed by atoms with E-state index in [0.29, 0.717) is 24.8 Å². The van der Waals surface area contributed by atoms with Crippen molar-refractivity contribution in [1.29, 1.82) is 0 Å². The van der Waals surface area contributed by atoms with Gasteiger partial charge in [0, 0.05) is 36.1 Å². The Kier molecular flexibility index (Phi) is 6.20. The first-order chi connectivity index (χ1) is 15.5. The molecule has 0 spiro atoms. The summed E-state index contributed by atoms with van der Waals surface area (Å²) in [6.45, 7) is 9.28. The highest BCUT2D eigenvalue weighted by atomic mass is 16.5. The minimum absolute atomic E-state index is 0.187. The van der Waals surface area contributed by atoms with E-state index in [1.807, 2.05) is 42.8 Å². The lowest BCUT2D eigenvalue weighted by Gasteiger charge is -2.16. The van der Waals surface area contributed by atoms with Gasteiger partial charge in [-0.2, -0.15) is 5.10 Å². The van der Waals surface area contributed by atoms with Crippen LogP contribution >= 0.6 is 0 Å². The highest BCUT2D eigenvalue weighted by Gasteiger charge is 2.19. The highest BCUT2D eigenvalue weighted by Crippen LogP contribution is 2.35. The van der Waals surface area contributed by atoms with Crippen LogP contribution in [0.4, 0.5) is 5.69 Å². The summed E-state index contributed by atoms with van der Waals surface area (Å²) in [6.07, 6.45) is 5.20. The molecule has 4 rings (SSSR count). The summed E-state index contributed by atoms with van der Waals surface area (Å²) in [4.78, 5) is 13.5. The quantitative estimate of drug-likeness (QED) is 0.428. The minimum atomic E-state index is 0.187. The van der Waals surface area contributed by atoms with Gasteiger partial charge >= 0.3 is 0 Å². The lowest BCUT2D eigenvalue weighted by Crippen LogP contribution is -2.08.